The van der Waals surface area contributed by atoms with E-state index < -0.39 is 46.5 Å². The summed E-state index contributed by atoms with van der Waals surface area (Å²) in [5, 5.41) is -1.54. The Morgan fingerprint density at radius 2 is 0.952 bits per heavy atom. The van der Waals surface area contributed by atoms with Gasteiger partial charge in [0.2, 0.25) is 0 Å². The van der Waals surface area contributed by atoms with Crippen LogP contribution >= 0.6 is 69.6 Å². The second-order valence-corrected chi connectivity index (χ2v) is 11.8. The average molecular weight is 705 g/mol. The molecule has 0 saturated carbocycles. The van der Waals surface area contributed by atoms with Gasteiger partial charge in [0.15, 0.2) is 11.5 Å². The van der Waals surface area contributed by atoms with Gasteiger partial charge < -0.3 is 18.9 Å². The zero-order valence-electron chi connectivity index (χ0n) is 23.1. The molecular formula is C28H28Cl6O8. The predicted octanol–water partition coefficient (Wildman–Crippen LogP) is 9.30. The number of halogens is 6. The van der Waals surface area contributed by atoms with Crippen molar-refractivity contribution >= 4 is 93.5 Å². The standard InChI is InChI=1S/C28H28Cl6O8/c1-5-13(3)7-9-39-25(35)19-21(33)15(29)11-17(31)23(19)41-27(37)28(38)42-24-18(32)12-16(30)22(34)20(24)26(36)40-10-8-14(4)6-2/h11-14H,5-10H2,1-4H3. The molecule has 230 valence electrons. The van der Waals surface area contributed by atoms with Crippen molar-refractivity contribution in [2.45, 2.75) is 53.4 Å². The summed E-state index contributed by atoms with van der Waals surface area (Å²) in [5.74, 6) is -5.91. The fourth-order valence-corrected chi connectivity index (χ4v) is 4.69. The number of hydrogen-bond donors (Lipinski definition) is 0. The number of carbonyl (C=O) groups excluding carboxylic acids is 4. The fourth-order valence-electron chi connectivity index (χ4n) is 3.25. The van der Waals surface area contributed by atoms with E-state index in [1.165, 1.54) is 0 Å². The summed E-state index contributed by atoms with van der Waals surface area (Å²) in [6.07, 6.45) is 2.85. The highest BCUT2D eigenvalue weighted by Gasteiger charge is 2.32. The lowest BCUT2D eigenvalue weighted by atomic mass is 10.1. The summed E-state index contributed by atoms with van der Waals surface area (Å²) >= 11 is 36.9. The first-order valence-electron chi connectivity index (χ1n) is 12.9. The van der Waals surface area contributed by atoms with Crippen molar-refractivity contribution < 1.29 is 38.1 Å². The lowest BCUT2D eigenvalue weighted by Crippen LogP contribution is -2.27. The highest BCUT2D eigenvalue weighted by atomic mass is 35.5. The molecule has 42 heavy (non-hydrogen) atoms. The van der Waals surface area contributed by atoms with Gasteiger partial charge >= 0.3 is 23.9 Å². The minimum absolute atomic E-state index is 0.0375. The summed E-state index contributed by atoms with van der Waals surface area (Å²) in [4.78, 5) is 51.3. The van der Waals surface area contributed by atoms with E-state index in [-0.39, 0.29) is 55.2 Å². The molecule has 8 nitrogen and oxygen atoms in total. The molecule has 0 aliphatic heterocycles. The van der Waals surface area contributed by atoms with Crippen molar-refractivity contribution in [1.82, 2.24) is 0 Å². The molecule has 0 aromatic heterocycles. The molecule has 2 atom stereocenters. The second kappa shape index (κ2) is 16.8. The van der Waals surface area contributed by atoms with Gasteiger partial charge in [0.05, 0.1) is 43.3 Å². The lowest BCUT2D eigenvalue weighted by molar-refractivity contribution is -0.156. The monoisotopic (exact) mass is 702 g/mol. The van der Waals surface area contributed by atoms with Crippen LogP contribution in [0.1, 0.15) is 74.1 Å². The van der Waals surface area contributed by atoms with Gasteiger partial charge in [-0.2, -0.15) is 0 Å². The SMILES string of the molecule is CCC(C)CCOC(=O)c1c(Cl)c(Cl)cc(Cl)c1OC(=O)C(=O)Oc1c(Cl)cc(Cl)c(Cl)c1C(=O)OCCC(C)CC. The Hall–Kier alpha value is -1.94. The first-order valence-corrected chi connectivity index (χ1v) is 15.1. The van der Waals surface area contributed by atoms with Crippen LogP contribution < -0.4 is 9.47 Å². The number of benzene rings is 2. The van der Waals surface area contributed by atoms with Crippen LogP contribution in [0, 0.1) is 11.8 Å². The number of hydrogen-bond acceptors (Lipinski definition) is 8. The van der Waals surface area contributed by atoms with Crippen LogP contribution in [0.5, 0.6) is 11.5 Å². The third-order valence-corrected chi connectivity index (χ3v) is 8.44. The molecule has 0 bridgehead atoms. The minimum atomic E-state index is -1.65. The molecule has 0 aliphatic carbocycles. The molecular weight excluding hydrogens is 677 g/mol. The fraction of sp³-hybridized carbons (Fsp3) is 0.429. The maximum absolute atomic E-state index is 12.9. The molecule has 2 aromatic carbocycles. The van der Waals surface area contributed by atoms with Crippen LogP contribution in [0.25, 0.3) is 0 Å². The van der Waals surface area contributed by atoms with E-state index in [4.69, 9.17) is 88.6 Å². The van der Waals surface area contributed by atoms with E-state index in [0.29, 0.717) is 12.8 Å². The first kappa shape index (κ1) is 36.3. The Balaban J connectivity index is 2.34. The molecule has 0 fully saturated rings. The van der Waals surface area contributed by atoms with Crippen LogP contribution in [-0.2, 0) is 19.1 Å². The molecule has 2 rings (SSSR count). The third kappa shape index (κ3) is 9.53. The smallest absolute Gasteiger partial charge is 0.423 e. The summed E-state index contributed by atoms with van der Waals surface area (Å²) in [7, 11) is 0. The predicted molar refractivity (Wildman–Crippen MR) is 163 cm³/mol. The molecule has 0 spiro atoms. The number of carbonyl (C=O) groups is 4. The second-order valence-electron chi connectivity index (χ2n) is 9.37. The van der Waals surface area contributed by atoms with Crippen molar-refractivity contribution in [2.75, 3.05) is 13.2 Å². The molecule has 0 amide bonds. The maximum atomic E-state index is 12.9. The normalized spacial score (nSPS) is 12.3. The molecule has 0 N–H and O–H groups in total. The molecule has 2 aromatic rings. The van der Waals surface area contributed by atoms with Gasteiger partial charge in [-0.3, -0.25) is 0 Å². The number of esters is 4. The van der Waals surface area contributed by atoms with Crippen LogP contribution in [0.4, 0.5) is 0 Å². The van der Waals surface area contributed by atoms with Crippen LogP contribution in [0.3, 0.4) is 0 Å². The topological polar surface area (TPSA) is 105 Å². The van der Waals surface area contributed by atoms with Gasteiger partial charge in [-0.05, 0) is 36.8 Å². The molecule has 2 unspecified atom stereocenters. The van der Waals surface area contributed by atoms with Crippen molar-refractivity contribution in [3.05, 3.63) is 53.4 Å². The summed E-state index contributed by atoms with van der Waals surface area (Å²) in [6, 6.07) is 2.22. The van der Waals surface area contributed by atoms with Crippen molar-refractivity contribution in [3.8, 4) is 11.5 Å². The van der Waals surface area contributed by atoms with Gasteiger partial charge in [-0.25, -0.2) is 19.2 Å². The van der Waals surface area contributed by atoms with Gasteiger partial charge in [-0.15, -0.1) is 0 Å². The summed E-state index contributed by atoms with van der Waals surface area (Å²) < 4.78 is 20.7. The molecule has 0 radical (unpaired) electrons. The van der Waals surface area contributed by atoms with E-state index in [1.807, 2.05) is 27.7 Å². The van der Waals surface area contributed by atoms with Crippen molar-refractivity contribution in [1.29, 1.82) is 0 Å². The Morgan fingerprint density at radius 3 is 1.26 bits per heavy atom. The molecule has 0 heterocycles. The van der Waals surface area contributed by atoms with Crippen LogP contribution in [0.15, 0.2) is 12.1 Å². The Bertz CT molecular complexity index is 1250. The van der Waals surface area contributed by atoms with Gasteiger partial charge in [-0.1, -0.05) is 110 Å². The largest absolute Gasteiger partial charge is 0.462 e. The van der Waals surface area contributed by atoms with Crippen molar-refractivity contribution in [3.63, 3.8) is 0 Å². The minimum Gasteiger partial charge on any atom is -0.462 e. The highest BCUT2D eigenvalue weighted by Crippen LogP contribution is 2.41. The lowest BCUT2D eigenvalue weighted by Gasteiger charge is -2.16. The summed E-state index contributed by atoms with van der Waals surface area (Å²) in [5.41, 5.74) is -0.949. The number of ether oxygens (including phenoxy) is 4. The third-order valence-electron chi connectivity index (χ3n) is 6.30. The number of rotatable bonds is 12. The van der Waals surface area contributed by atoms with E-state index in [9.17, 15) is 19.2 Å². The van der Waals surface area contributed by atoms with Gasteiger partial charge in [0.25, 0.3) is 0 Å². The van der Waals surface area contributed by atoms with Crippen LogP contribution in [0.2, 0.25) is 30.1 Å². The van der Waals surface area contributed by atoms with Gasteiger partial charge in [0, 0.05) is 0 Å². The van der Waals surface area contributed by atoms with E-state index in [0.717, 1.165) is 25.0 Å². The van der Waals surface area contributed by atoms with Crippen LogP contribution in [-0.4, -0.2) is 37.1 Å². The zero-order valence-corrected chi connectivity index (χ0v) is 27.6. The van der Waals surface area contributed by atoms with E-state index >= 15 is 0 Å². The average Bonchev–Trinajstić information content (AvgIpc) is 2.94. The van der Waals surface area contributed by atoms with Gasteiger partial charge in [0.1, 0.15) is 11.1 Å². The molecule has 0 saturated heterocycles. The summed E-state index contributed by atoms with van der Waals surface area (Å²) in [6.45, 7) is 8.01. The zero-order chi connectivity index (χ0) is 31.7. The van der Waals surface area contributed by atoms with E-state index in [2.05, 4.69) is 0 Å². The Kier molecular flexibility index (Phi) is 14.5. The van der Waals surface area contributed by atoms with Crippen molar-refractivity contribution in [2.24, 2.45) is 11.8 Å². The maximum Gasteiger partial charge on any atom is 0.423 e. The molecule has 14 heteroatoms. The van der Waals surface area contributed by atoms with E-state index in [1.54, 1.807) is 0 Å². The Labute approximate surface area is 273 Å². The quantitative estimate of drug-likeness (QED) is 0.0932. The Morgan fingerprint density at radius 1 is 0.619 bits per heavy atom. The first-order chi connectivity index (χ1) is 19.7. The molecule has 0 aliphatic rings. The highest BCUT2D eigenvalue weighted by molar-refractivity contribution is 6.47.